The van der Waals surface area contributed by atoms with Gasteiger partial charge in [0.2, 0.25) is 11.8 Å². The van der Waals surface area contributed by atoms with Crippen molar-refractivity contribution in [3.05, 3.63) is 59.0 Å². The van der Waals surface area contributed by atoms with Crippen molar-refractivity contribution in [2.75, 3.05) is 10.6 Å². The van der Waals surface area contributed by atoms with Crippen LogP contribution >= 0.6 is 11.6 Å². The number of pyridine rings is 1. The van der Waals surface area contributed by atoms with Crippen LogP contribution in [0.15, 0.2) is 42.7 Å². The molecule has 0 radical (unpaired) electrons. The predicted octanol–water partition coefficient (Wildman–Crippen LogP) is 2.83. The lowest BCUT2D eigenvalue weighted by molar-refractivity contribution is -0.115. The first kappa shape index (κ1) is 19.4. The number of nitrogens with zero attached hydrogens (tertiary/aromatic N) is 2. The summed E-state index contributed by atoms with van der Waals surface area (Å²) in [6, 6.07) is 8.16. The van der Waals surface area contributed by atoms with Gasteiger partial charge in [-0.2, -0.15) is 0 Å². The van der Waals surface area contributed by atoms with Crippen molar-refractivity contribution in [1.29, 1.82) is 0 Å². The number of imidazole rings is 1. The maximum Gasteiger partial charge on any atom is 0.251 e. The SMILES string of the molecule is CC(=O)Nc1cc(NC(C)=O)cc(C(=O)NCc2cn3cc(Cl)ccc3n2)c1. The van der Waals surface area contributed by atoms with Gasteiger partial charge in [0, 0.05) is 43.2 Å². The van der Waals surface area contributed by atoms with Crippen LogP contribution in [0.5, 0.6) is 0 Å². The van der Waals surface area contributed by atoms with Crippen LogP contribution in [0, 0.1) is 0 Å². The van der Waals surface area contributed by atoms with Crippen molar-refractivity contribution in [2.24, 2.45) is 0 Å². The fourth-order valence-electron chi connectivity index (χ4n) is 2.68. The lowest BCUT2D eigenvalue weighted by atomic mass is 10.1. The fraction of sp³-hybridized carbons (Fsp3) is 0.158. The minimum absolute atomic E-state index is 0.206. The highest BCUT2D eigenvalue weighted by Crippen LogP contribution is 2.20. The Balaban J connectivity index is 1.77. The number of hydrogen-bond acceptors (Lipinski definition) is 4. The van der Waals surface area contributed by atoms with Gasteiger partial charge in [-0.3, -0.25) is 14.4 Å². The second-order valence-corrected chi connectivity index (χ2v) is 6.63. The first-order valence-corrected chi connectivity index (χ1v) is 8.79. The molecule has 144 valence electrons. The van der Waals surface area contributed by atoms with Gasteiger partial charge in [-0.05, 0) is 30.3 Å². The van der Waals surface area contributed by atoms with Crippen LogP contribution < -0.4 is 16.0 Å². The molecule has 9 heteroatoms. The molecule has 0 atom stereocenters. The molecule has 0 unspecified atom stereocenters. The van der Waals surface area contributed by atoms with Crippen LogP contribution in [-0.2, 0) is 16.1 Å². The average molecular weight is 400 g/mol. The predicted molar refractivity (Wildman–Crippen MR) is 106 cm³/mol. The molecule has 3 amide bonds. The standard InChI is InChI=1S/C19H18ClN5O3/c1-11(26)22-15-5-13(6-16(7-15)23-12(2)27)19(28)21-8-17-10-25-9-14(20)3-4-18(25)24-17/h3-7,9-10H,8H2,1-2H3,(H,21,28)(H,22,26)(H,23,27). The number of anilines is 2. The second-order valence-electron chi connectivity index (χ2n) is 6.19. The molecule has 0 aliphatic carbocycles. The third-order valence-corrected chi connectivity index (χ3v) is 3.95. The molecular formula is C19H18ClN5O3. The van der Waals surface area contributed by atoms with E-state index in [0.717, 1.165) is 0 Å². The summed E-state index contributed by atoms with van der Waals surface area (Å²) in [5.74, 6) is -0.932. The fourth-order valence-corrected chi connectivity index (χ4v) is 2.85. The molecule has 0 aliphatic rings. The van der Waals surface area contributed by atoms with Gasteiger partial charge in [-0.25, -0.2) is 4.98 Å². The molecule has 8 nitrogen and oxygen atoms in total. The number of carbonyl (C=O) groups excluding carboxylic acids is 3. The molecule has 0 bridgehead atoms. The highest BCUT2D eigenvalue weighted by Gasteiger charge is 2.11. The molecule has 3 rings (SSSR count). The molecule has 2 aromatic heterocycles. The molecule has 28 heavy (non-hydrogen) atoms. The molecule has 1 aromatic carbocycles. The number of halogens is 1. The van der Waals surface area contributed by atoms with Crippen molar-refractivity contribution in [1.82, 2.24) is 14.7 Å². The second kappa shape index (κ2) is 8.10. The first-order valence-electron chi connectivity index (χ1n) is 8.42. The van der Waals surface area contributed by atoms with E-state index >= 15 is 0 Å². The Hall–Kier alpha value is -3.39. The van der Waals surface area contributed by atoms with Crippen molar-refractivity contribution in [2.45, 2.75) is 20.4 Å². The monoisotopic (exact) mass is 399 g/mol. The Morgan fingerprint density at radius 3 is 2.25 bits per heavy atom. The van der Waals surface area contributed by atoms with Crippen molar-refractivity contribution < 1.29 is 14.4 Å². The molecule has 0 fully saturated rings. The van der Waals surface area contributed by atoms with Crippen molar-refractivity contribution in [3.63, 3.8) is 0 Å². The van der Waals surface area contributed by atoms with E-state index in [-0.39, 0.29) is 24.3 Å². The van der Waals surface area contributed by atoms with Gasteiger partial charge < -0.3 is 20.4 Å². The Bertz CT molecular complexity index is 1040. The normalized spacial score (nSPS) is 10.5. The van der Waals surface area contributed by atoms with E-state index in [1.807, 2.05) is 0 Å². The van der Waals surface area contributed by atoms with Gasteiger partial charge >= 0.3 is 0 Å². The molecule has 0 saturated heterocycles. The van der Waals surface area contributed by atoms with Crippen LogP contribution in [0.3, 0.4) is 0 Å². The molecule has 3 N–H and O–H groups in total. The van der Waals surface area contributed by atoms with Crippen molar-refractivity contribution in [3.8, 4) is 0 Å². The maximum absolute atomic E-state index is 12.6. The first-order chi connectivity index (χ1) is 13.3. The summed E-state index contributed by atoms with van der Waals surface area (Å²) in [4.78, 5) is 39.6. The van der Waals surface area contributed by atoms with Crippen LogP contribution in [0.25, 0.3) is 5.65 Å². The van der Waals surface area contributed by atoms with E-state index in [2.05, 4.69) is 20.9 Å². The lowest BCUT2D eigenvalue weighted by Crippen LogP contribution is -2.23. The van der Waals surface area contributed by atoms with Crippen molar-refractivity contribution >= 4 is 46.3 Å². The van der Waals surface area contributed by atoms with E-state index in [4.69, 9.17) is 11.6 Å². The third-order valence-electron chi connectivity index (χ3n) is 3.73. The smallest absolute Gasteiger partial charge is 0.251 e. The lowest BCUT2D eigenvalue weighted by Gasteiger charge is -2.10. The van der Waals surface area contributed by atoms with Crippen LogP contribution in [0.4, 0.5) is 11.4 Å². The summed E-state index contributed by atoms with van der Waals surface area (Å²) >= 11 is 5.96. The van der Waals surface area contributed by atoms with E-state index in [1.54, 1.807) is 35.0 Å². The number of rotatable bonds is 5. The summed E-state index contributed by atoms with van der Waals surface area (Å²) in [5, 5.41) is 8.59. The van der Waals surface area contributed by atoms with Gasteiger partial charge in [0.1, 0.15) is 5.65 Å². The third kappa shape index (κ3) is 4.86. The number of carbonyl (C=O) groups is 3. The van der Waals surface area contributed by atoms with Gasteiger partial charge in [-0.1, -0.05) is 11.6 Å². The zero-order chi connectivity index (χ0) is 20.3. The summed E-state index contributed by atoms with van der Waals surface area (Å²) < 4.78 is 1.77. The summed E-state index contributed by atoms with van der Waals surface area (Å²) in [6.45, 7) is 2.93. The summed E-state index contributed by atoms with van der Waals surface area (Å²) in [7, 11) is 0. The number of fused-ring (bicyclic) bond motifs is 1. The van der Waals surface area contributed by atoms with Crippen LogP contribution in [0.2, 0.25) is 5.02 Å². The number of benzene rings is 1. The van der Waals surface area contributed by atoms with Gasteiger partial charge in [0.15, 0.2) is 0 Å². The molecule has 0 spiro atoms. The zero-order valence-corrected chi connectivity index (χ0v) is 16.0. The zero-order valence-electron chi connectivity index (χ0n) is 15.2. The number of hydrogen-bond donors (Lipinski definition) is 3. The highest BCUT2D eigenvalue weighted by molar-refractivity contribution is 6.30. The Labute approximate surface area is 165 Å². The van der Waals surface area contributed by atoms with Gasteiger partial charge in [0.25, 0.3) is 5.91 Å². The number of amides is 3. The minimum atomic E-state index is -0.367. The molecule has 0 aliphatic heterocycles. The van der Waals surface area contributed by atoms with E-state index in [1.165, 1.54) is 26.0 Å². The van der Waals surface area contributed by atoms with E-state index in [0.29, 0.717) is 33.3 Å². The largest absolute Gasteiger partial charge is 0.346 e. The summed E-state index contributed by atoms with van der Waals surface area (Å²) in [6.07, 6.45) is 3.50. The van der Waals surface area contributed by atoms with Gasteiger partial charge in [0.05, 0.1) is 17.3 Å². The quantitative estimate of drug-likeness (QED) is 0.613. The van der Waals surface area contributed by atoms with Gasteiger partial charge in [-0.15, -0.1) is 0 Å². The average Bonchev–Trinajstić information content (AvgIpc) is 3.00. The Morgan fingerprint density at radius 1 is 1.00 bits per heavy atom. The topological polar surface area (TPSA) is 105 Å². The van der Waals surface area contributed by atoms with Crippen LogP contribution in [-0.4, -0.2) is 27.1 Å². The molecule has 3 aromatic rings. The van der Waals surface area contributed by atoms with E-state index < -0.39 is 0 Å². The number of aromatic nitrogens is 2. The summed E-state index contributed by atoms with van der Waals surface area (Å²) in [5.41, 5.74) is 2.49. The molecule has 2 heterocycles. The molecular weight excluding hydrogens is 382 g/mol. The van der Waals surface area contributed by atoms with E-state index in [9.17, 15) is 14.4 Å². The maximum atomic E-state index is 12.6. The highest BCUT2D eigenvalue weighted by atomic mass is 35.5. The minimum Gasteiger partial charge on any atom is -0.346 e. The number of nitrogens with one attached hydrogen (secondary N) is 3. The Morgan fingerprint density at radius 2 is 1.64 bits per heavy atom. The Kier molecular flexibility index (Phi) is 5.60. The molecule has 0 saturated carbocycles. The van der Waals surface area contributed by atoms with Crippen LogP contribution in [0.1, 0.15) is 29.9 Å².